The molecule has 0 saturated heterocycles. The Labute approximate surface area is 115 Å². The second kappa shape index (κ2) is 6.04. The molecule has 1 fully saturated rings. The maximum absolute atomic E-state index is 10.1. The van der Waals surface area contributed by atoms with Crippen LogP contribution in [0.5, 0.6) is 0 Å². The summed E-state index contributed by atoms with van der Waals surface area (Å²) in [7, 11) is 0. The van der Waals surface area contributed by atoms with Crippen molar-refractivity contribution in [3.05, 3.63) is 35.9 Å². The number of hydrogen-bond donors (Lipinski definition) is 2. The van der Waals surface area contributed by atoms with Crippen molar-refractivity contribution >= 4 is 0 Å². The zero-order chi connectivity index (χ0) is 14.0. The molecule has 0 amide bonds. The maximum atomic E-state index is 10.1. The van der Waals surface area contributed by atoms with Gasteiger partial charge in [-0.15, -0.1) is 0 Å². The van der Waals surface area contributed by atoms with E-state index >= 15 is 0 Å². The standard InChI is InChI=1S/C16H24O3/c1-10-11(2)16(12(3)15(18)14(10)17)19-9-13-7-5-4-6-8-13/h4-8,10-12,14-18H,9H2,1-3H3. The molecular formula is C16H24O3. The summed E-state index contributed by atoms with van der Waals surface area (Å²) in [5.41, 5.74) is 1.13. The second-order valence-corrected chi connectivity index (χ2v) is 5.82. The van der Waals surface area contributed by atoms with E-state index in [1.807, 2.05) is 44.2 Å². The number of ether oxygens (including phenoxy) is 1. The Morgan fingerprint density at radius 3 is 2.11 bits per heavy atom. The fraction of sp³-hybridized carbons (Fsp3) is 0.625. The molecule has 0 bridgehead atoms. The Bertz CT molecular complexity index is 376. The molecule has 0 aliphatic heterocycles. The predicted molar refractivity (Wildman–Crippen MR) is 74.5 cm³/mol. The summed E-state index contributed by atoms with van der Waals surface area (Å²) < 4.78 is 6.01. The van der Waals surface area contributed by atoms with Gasteiger partial charge in [-0.3, -0.25) is 0 Å². The Kier molecular flexibility index (Phi) is 4.61. The molecular weight excluding hydrogens is 240 g/mol. The summed E-state index contributed by atoms with van der Waals surface area (Å²) in [6.07, 6.45) is -1.37. The van der Waals surface area contributed by atoms with E-state index in [1.165, 1.54) is 0 Å². The quantitative estimate of drug-likeness (QED) is 0.880. The summed E-state index contributed by atoms with van der Waals surface area (Å²) in [6.45, 7) is 6.57. The van der Waals surface area contributed by atoms with Gasteiger partial charge < -0.3 is 14.9 Å². The molecule has 2 N–H and O–H groups in total. The highest BCUT2D eigenvalue weighted by atomic mass is 16.5. The molecule has 1 aromatic carbocycles. The molecule has 106 valence electrons. The van der Waals surface area contributed by atoms with Crippen molar-refractivity contribution in [1.29, 1.82) is 0 Å². The molecule has 0 heterocycles. The summed E-state index contributed by atoms with van der Waals surface area (Å²) in [5.74, 6) is 0.231. The van der Waals surface area contributed by atoms with Crippen LogP contribution < -0.4 is 0 Å². The van der Waals surface area contributed by atoms with E-state index in [-0.39, 0.29) is 23.9 Å². The second-order valence-electron chi connectivity index (χ2n) is 5.82. The van der Waals surface area contributed by atoms with Crippen LogP contribution in [0, 0.1) is 17.8 Å². The van der Waals surface area contributed by atoms with E-state index in [1.54, 1.807) is 0 Å². The van der Waals surface area contributed by atoms with Crippen molar-refractivity contribution in [2.24, 2.45) is 17.8 Å². The number of rotatable bonds is 3. The van der Waals surface area contributed by atoms with E-state index in [0.717, 1.165) is 5.56 Å². The summed E-state index contributed by atoms with van der Waals surface area (Å²) in [5, 5.41) is 20.1. The first-order valence-corrected chi connectivity index (χ1v) is 7.04. The van der Waals surface area contributed by atoms with Crippen LogP contribution in [0.25, 0.3) is 0 Å². The van der Waals surface area contributed by atoms with Gasteiger partial charge in [-0.2, -0.15) is 0 Å². The average Bonchev–Trinajstić information content (AvgIpc) is 2.44. The lowest BCUT2D eigenvalue weighted by Crippen LogP contribution is -2.53. The van der Waals surface area contributed by atoms with Gasteiger partial charge in [0.25, 0.3) is 0 Å². The minimum atomic E-state index is -0.702. The molecule has 2 rings (SSSR count). The van der Waals surface area contributed by atoms with Crippen molar-refractivity contribution in [3.8, 4) is 0 Å². The monoisotopic (exact) mass is 264 g/mol. The van der Waals surface area contributed by atoms with E-state index in [4.69, 9.17) is 4.74 Å². The van der Waals surface area contributed by atoms with Gasteiger partial charge in [0.1, 0.15) is 0 Å². The van der Waals surface area contributed by atoms with Gasteiger partial charge in [0.15, 0.2) is 0 Å². The van der Waals surface area contributed by atoms with Crippen molar-refractivity contribution < 1.29 is 14.9 Å². The Balaban J connectivity index is 2.02. The Hall–Kier alpha value is -0.900. The zero-order valence-electron chi connectivity index (χ0n) is 11.9. The molecule has 0 aromatic heterocycles. The van der Waals surface area contributed by atoms with Crippen LogP contribution in [0.3, 0.4) is 0 Å². The third kappa shape index (κ3) is 2.99. The summed E-state index contributed by atoms with van der Waals surface area (Å²) >= 11 is 0. The highest BCUT2D eigenvalue weighted by molar-refractivity contribution is 5.13. The maximum Gasteiger partial charge on any atom is 0.0852 e. The normalized spacial score (nSPS) is 39.2. The molecule has 0 spiro atoms. The van der Waals surface area contributed by atoms with Crippen molar-refractivity contribution in [3.63, 3.8) is 0 Å². The van der Waals surface area contributed by atoms with Crippen molar-refractivity contribution in [2.45, 2.75) is 45.7 Å². The van der Waals surface area contributed by atoms with Crippen LogP contribution in [0.4, 0.5) is 0 Å². The predicted octanol–water partition coefficient (Wildman–Crippen LogP) is 2.22. The molecule has 3 heteroatoms. The number of aliphatic hydroxyl groups is 2. The van der Waals surface area contributed by atoms with Crippen LogP contribution >= 0.6 is 0 Å². The lowest BCUT2D eigenvalue weighted by molar-refractivity contribution is -0.162. The van der Waals surface area contributed by atoms with Crippen molar-refractivity contribution in [1.82, 2.24) is 0 Å². The lowest BCUT2D eigenvalue weighted by atomic mass is 9.70. The van der Waals surface area contributed by atoms with E-state index in [9.17, 15) is 10.2 Å². The average molecular weight is 264 g/mol. The molecule has 0 radical (unpaired) electrons. The summed E-state index contributed by atoms with van der Waals surface area (Å²) in [4.78, 5) is 0. The minimum Gasteiger partial charge on any atom is -0.390 e. The van der Waals surface area contributed by atoms with Gasteiger partial charge >= 0.3 is 0 Å². The van der Waals surface area contributed by atoms with E-state index < -0.39 is 12.2 Å². The first kappa shape index (κ1) is 14.5. The first-order chi connectivity index (χ1) is 9.02. The molecule has 6 unspecified atom stereocenters. The summed E-state index contributed by atoms with van der Waals surface area (Å²) in [6, 6.07) is 10.0. The Morgan fingerprint density at radius 2 is 1.47 bits per heavy atom. The van der Waals surface area contributed by atoms with Crippen LogP contribution in [-0.2, 0) is 11.3 Å². The Morgan fingerprint density at radius 1 is 0.895 bits per heavy atom. The molecule has 1 saturated carbocycles. The minimum absolute atomic E-state index is 0.0198. The molecule has 1 aromatic rings. The third-order valence-corrected chi connectivity index (χ3v) is 4.58. The molecule has 19 heavy (non-hydrogen) atoms. The smallest absolute Gasteiger partial charge is 0.0852 e. The van der Waals surface area contributed by atoms with E-state index in [2.05, 4.69) is 6.92 Å². The number of hydrogen-bond acceptors (Lipinski definition) is 3. The van der Waals surface area contributed by atoms with Crippen LogP contribution in [0.15, 0.2) is 30.3 Å². The number of aliphatic hydroxyl groups excluding tert-OH is 2. The third-order valence-electron chi connectivity index (χ3n) is 4.58. The van der Waals surface area contributed by atoms with Gasteiger partial charge in [0, 0.05) is 5.92 Å². The van der Waals surface area contributed by atoms with Crippen molar-refractivity contribution in [2.75, 3.05) is 0 Å². The molecule has 3 nitrogen and oxygen atoms in total. The van der Waals surface area contributed by atoms with Gasteiger partial charge in [-0.25, -0.2) is 0 Å². The SMILES string of the molecule is CC1C(C)C(OCc2ccccc2)C(C)C(O)C1O. The highest BCUT2D eigenvalue weighted by Gasteiger charge is 2.44. The van der Waals surface area contributed by atoms with Gasteiger partial charge in [0.05, 0.1) is 24.9 Å². The fourth-order valence-electron chi connectivity index (χ4n) is 2.98. The van der Waals surface area contributed by atoms with Gasteiger partial charge in [-0.1, -0.05) is 51.1 Å². The first-order valence-electron chi connectivity index (χ1n) is 7.04. The van der Waals surface area contributed by atoms with Gasteiger partial charge in [0.2, 0.25) is 0 Å². The zero-order valence-corrected chi connectivity index (χ0v) is 11.9. The van der Waals surface area contributed by atoms with Gasteiger partial charge in [-0.05, 0) is 17.4 Å². The largest absolute Gasteiger partial charge is 0.390 e. The highest BCUT2D eigenvalue weighted by Crippen LogP contribution is 2.36. The molecule has 1 aliphatic rings. The van der Waals surface area contributed by atoms with Crippen LogP contribution in [0.1, 0.15) is 26.3 Å². The fourth-order valence-corrected chi connectivity index (χ4v) is 2.98. The van der Waals surface area contributed by atoms with Crippen LogP contribution in [0.2, 0.25) is 0 Å². The number of benzene rings is 1. The molecule has 1 aliphatic carbocycles. The molecule has 6 atom stereocenters. The van der Waals surface area contributed by atoms with E-state index in [0.29, 0.717) is 6.61 Å². The lowest BCUT2D eigenvalue weighted by Gasteiger charge is -2.44. The topological polar surface area (TPSA) is 49.7 Å². The van der Waals surface area contributed by atoms with Crippen LogP contribution in [-0.4, -0.2) is 28.5 Å².